The third kappa shape index (κ3) is 3.09. The van der Waals surface area contributed by atoms with E-state index in [1.807, 2.05) is 42.5 Å². The Hall–Kier alpha value is -3.18. The molecule has 1 heterocycles. The van der Waals surface area contributed by atoms with E-state index in [1.54, 1.807) is 30.3 Å². The van der Waals surface area contributed by atoms with E-state index in [9.17, 15) is 9.90 Å². The lowest BCUT2D eigenvalue weighted by Crippen LogP contribution is -2.11. The Balaban J connectivity index is 1.68. The first kappa shape index (κ1) is 15.4. The van der Waals surface area contributed by atoms with Crippen LogP contribution < -0.4 is 5.32 Å². The molecule has 0 unspecified atom stereocenters. The number of hydrogen-bond donors (Lipinski definition) is 2. The standard InChI is InChI=1S/C20H14N2O2S/c23-17-11-10-14(21-19(24)13-6-2-1-3-7-13)12-15(17)20-22-16-8-4-5-9-18(16)25-20/h1-12,23H,(H,21,24). The lowest BCUT2D eigenvalue weighted by Gasteiger charge is -2.08. The van der Waals surface area contributed by atoms with Crippen molar-refractivity contribution < 1.29 is 9.90 Å². The van der Waals surface area contributed by atoms with Crippen LogP contribution in [0, 0.1) is 0 Å². The highest BCUT2D eigenvalue weighted by Gasteiger charge is 2.12. The molecule has 4 rings (SSSR count). The molecule has 2 N–H and O–H groups in total. The van der Waals surface area contributed by atoms with E-state index in [0.29, 0.717) is 16.8 Å². The quantitative estimate of drug-likeness (QED) is 0.518. The zero-order chi connectivity index (χ0) is 17.2. The van der Waals surface area contributed by atoms with Crippen LogP contribution >= 0.6 is 11.3 Å². The van der Waals surface area contributed by atoms with Crippen LogP contribution in [0.25, 0.3) is 20.8 Å². The zero-order valence-corrected chi connectivity index (χ0v) is 14.0. The highest BCUT2D eigenvalue weighted by molar-refractivity contribution is 7.21. The van der Waals surface area contributed by atoms with Gasteiger partial charge in [-0.1, -0.05) is 30.3 Å². The summed E-state index contributed by atoms with van der Waals surface area (Å²) < 4.78 is 1.05. The summed E-state index contributed by atoms with van der Waals surface area (Å²) in [5.41, 5.74) is 2.69. The monoisotopic (exact) mass is 346 g/mol. The van der Waals surface area contributed by atoms with Gasteiger partial charge in [0.05, 0.1) is 15.8 Å². The first-order chi connectivity index (χ1) is 12.2. The van der Waals surface area contributed by atoms with Crippen molar-refractivity contribution in [3.63, 3.8) is 0 Å². The Kier molecular flexibility index (Phi) is 3.91. The number of aromatic nitrogens is 1. The van der Waals surface area contributed by atoms with Crippen molar-refractivity contribution in [2.24, 2.45) is 0 Å². The van der Waals surface area contributed by atoms with Gasteiger partial charge in [0, 0.05) is 11.3 Å². The number of fused-ring (bicyclic) bond motifs is 1. The number of amides is 1. The average molecular weight is 346 g/mol. The minimum absolute atomic E-state index is 0.136. The molecule has 0 saturated carbocycles. The Morgan fingerprint density at radius 1 is 0.960 bits per heavy atom. The fourth-order valence-corrected chi connectivity index (χ4v) is 3.56. The number of carbonyl (C=O) groups excluding carboxylic acids is 1. The molecule has 0 spiro atoms. The molecule has 0 fully saturated rings. The van der Waals surface area contributed by atoms with Crippen LogP contribution in [0.15, 0.2) is 72.8 Å². The largest absolute Gasteiger partial charge is 0.507 e. The van der Waals surface area contributed by atoms with Crippen molar-refractivity contribution in [3.8, 4) is 16.3 Å². The number of phenols is 1. The zero-order valence-electron chi connectivity index (χ0n) is 13.1. The van der Waals surface area contributed by atoms with Crippen LogP contribution in [0.1, 0.15) is 10.4 Å². The Bertz CT molecular complexity index is 1020. The number of carbonyl (C=O) groups is 1. The molecule has 0 radical (unpaired) electrons. The molecule has 1 amide bonds. The van der Waals surface area contributed by atoms with Gasteiger partial charge in [0.25, 0.3) is 5.91 Å². The first-order valence-corrected chi connectivity index (χ1v) is 8.58. The molecule has 4 aromatic rings. The molecular formula is C20H14N2O2S. The molecule has 4 nitrogen and oxygen atoms in total. The normalized spacial score (nSPS) is 10.7. The van der Waals surface area contributed by atoms with E-state index >= 15 is 0 Å². The second kappa shape index (κ2) is 6.37. The summed E-state index contributed by atoms with van der Waals surface area (Å²) in [6.45, 7) is 0. The molecule has 25 heavy (non-hydrogen) atoms. The van der Waals surface area contributed by atoms with Crippen LogP contribution in [0.2, 0.25) is 0 Å². The van der Waals surface area contributed by atoms with Gasteiger partial charge in [0.1, 0.15) is 10.8 Å². The smallest absolute Gasteiger partial charge is 0.255 e. The van der Waals surface area contributed by atoms with E-state index in [4.69, 9.17) is 0 Å². The van der Waals surface area contributed by atoms with Crippen molar-refractivity contribution in [1.29, 1.82) is 0 Å². The molecule has 0 aliphatic rings. The van der Waals surface area contributed by atoms with Gasteiger partial charge in [-0.3, -0.25) is 4.79 Å². The minimum atomic E-state index is -0.193. The summed E-state index contributed by atoms with van der Waals surface area (Å²) >= 11 is 1.50. The molecule has 0 saturated heterocycles. The predicted octanol–water partition coefficient (Wildman–Crippen LogP) is 4.92. The number of hydrogen-bond acceptors (Lipinski definition) is 4. The minimum Gasteiger partial charge on any atom is -0.507 e. The average Bonchev–Trinajstić information content (AvgIpc) is 3.08. The highest BCUT2D eigenvalue weighted by atomic mass is 32.1. The van der Waals surface area contributed by atoms with Crippen molar-refractivity contribution in [2.75, 3.05) is 5.32 Å². The second-order valence-electron chi connectivity index (χ2n) is 5.54. The Morgan fingerprint density at radius 2 is 1.72 bits per heavy atom. The fraction of sp³-hybridized carbons (Fsp3) is 0. The van der Waals surface area contributed by atoms with E-state index in [-0.39, 0.29) is 11.7 Å². The van der Waals surface area contributed by atoms with E-state index in [2.05, 4.69) is 10.3 Å². The maximum Gasteiger partial charge on any atom is 0.255 e. The number of nitrogens with one attached hydrogen (secondary N) is 1. The van der Waals surface area contributed by atoms with Gasteiger partial charge in [-0.15, -0.1) is 11.3 Å². The first-order valence-electron chi connectivity index (χ1n) is 7.76. The number of anilines is 1. The summed E-state index contributed by atoms with van der Waals surface area (Å²) in [5.74, 6) is -0.0571. The number of thiazole rings is 1. The second-order valence-corrected chi connectivity index (χ2v) is 6.57. The summed E-state index contributed by atoms with van der Waals surface area (Å²) in [6, 6.07) is 21.8. The fourth-order valence-electron chi connectivity index (χ4n) is 2.57. The van der Waals surface area contributed by atoms with Crippen LogP contribution in [-0.2, 0) is 0 Å². The van der Waals surface area contributed by atoms with E-state index in [0.717, 1.165) is 15.2 Å². The SMILES string of the molecule is O=C(Nc1ccc(O)c(-c2nc3ccccc3s2)c1)c1ccccc1. The van der Waals surface area contributed by atoms with Gasteiger partial charge < -0.3 is 10.4 Å². The van der Waals surface area contributed by atoms with E-state index < -0.39 is 0 Å². The molecule has 0 bridgehead atoms. The summed E-state index contributed by atoms with van der Waals surface area (Å²) in [4.78, 5) is 16.9. The molecular weight excluding hydrogens is 332 g/mol. The summed E-state index contributed by atoms with van der Waals surface area (Å²) in [5, 5.41) is 13.8. The highest BCUT2D eigenvalue weighted by Crippen LogP contribution is 2.36. The van der Waals surface area contributed by atoms with Crippen molar-refractivity contribution >= 4 is 33.1 Å². The van der Waals surface area contributed by atoms with E-state index in [1.165, 1.54) is 11.3 Å². The molecule has 122 valence electrons. The molecule has 5 heteroatoms. The Morgan fingerprint density at radius 3 is 2.52 bits per heavy atom. The third-order valence-corrected chi connectivity index (χ3v) is 4.88. The van der Waals surface area contributed by atoms with Gasteiger partial charge in [-0.2, -0.15) is 0 Å². The van der Waals surface area contributed by atoms with Gasteiger partial charge in [-0.25, -0.2) is 4.98 Å². The molecule has 0 aliphatic carbocycles. The lowest BCUT2D eigenvalue weighted by molar-refractivity contribution is 0.102. The predicted molar refractivity (Wildman–Crippen MR) is 101 cm³/mol. The molecule has 1 aromatic heterocycles. The van der Waals surface area contributed by atoms with Crippen molar-refractivity contribution in [1.82, 2.24) is 4.98 Å². The van der Waals surface area contributed by atoms with Crippen molar-refractivity contribution in [2.45, 2.75) is 0 Å². The number of rotatable bonds is 3. The maximum absolute atomic E-state index is 12.3. The lowest BCUT2D eigenvalue weighted by atomic mass is 10.1. The number of nitrogens with zero attached hydrogens (tertiary/aromatic N) is 1. The molecule has 0 atom stereocenters. The van der Waals surface area contributed by atoms with Gasteiger partial charge in [0.15, 0.2) is 0 Å². The third-order valence-electron chi connectivity index (χ3n) is 3.81. The molecule has 0 aliphatic heterocycles. The van der Waals surface area contributed by atoms with Crippen molar-refractivity contribution in [3.05, 3.63) is 78.4 Å². The topological polar surface area (TPSA) is 62.2 Å². The Labute approximate surface area is 148 Å². The number of phenolic OH excluding ortho intramolecular Hbond substituents is 1. The number of benzene rings is 3. The maximum atomic E-state index is 12.3. The van der Waals surface area contributed by atoms with Crippen LogP contribution in [0.5, 0.6) is 5.75 Å². The number of aromatic hydroxyl groups is 1. The number of para-hydroxylation sites is 1. The summed E-state index contributed by atoms with van der Waals surface area (Å²) in [6.07, 6.45) is 0. The van der Waals surface area contributed by atoms with Gasteiger partial charge >= 0.3 is 0 Å². The van der Waals surface area contributed by atoms with Crippen LogP contribution in [-0.4, -0.2) is 16.0 Å². The molecule has 3 aromatic carbocycles. The van der Waals surface area contributed by atoms with Crippen LogP contribution in [0.4, 0.5) is 5.69 Å². The van der Waals surface area contributed by atoms with Crippen LogP contribution in [0.3, 0.4) is 0 Å². The summed E-state index contributed by atoms with van der Waals surface area (Å²) in [7, 11) is 0. The van der Waals surface area contributed by atoms with Gasteiger partial charge in [-0.05, 0) is 42.5 Å². The van der Waals surface area contributed by atoms with Gasteiger partial charge in [0.2, 0.25) is 0 Å².